The van der Waals surface area contributed by atoms with Crippen LogP contribution < -0.4 is 10.6 Å². The number of benzene rings is 2. The minimum Gasteiger partial charge on any atom is -0.0645 e. The first-order valence-corrected chi connectivity index (χ1v) is 8.46. The van der Waals surface area contributed by atoms with Crippen molar-refractivity contribution in [2.75, 3.05) is 0 Å². The first kappa shape index (κ1) is 14.3. The predicted molar refractivity (Wildman–Crippen MR) is 88.1 cm³/mol. The van der Waals surface area contributed by atoms with E-state index >= 15 is 0 Å². The molecule has 0 spiro atoms. The van der Waals surface area contributed by atoms with Gasteiger partial charge in [-0.3, -0.25) is 0 Å². The van der Waals surface area contributed by atoms with Gasteiger partial charge < -0.3 is 0 Å². The van der Waals surface area contributed by atoms with Gasteiger partial charge in [0.1, 0.15) is 0 Å². The van der Waals surface area contributed by atoms with Crippen LogP contribution in [0, 0.1) is 0 Å². The summed E-state index contributed by atoms with van der Waals surface area (Å²) in [6.07, 6.45) is 2.44. The van der Waals surface area contributed by atoms with Gasteiger partial charge in [0.15, 0.2) is 0 Å². The zero-order chi connectivity index (χ0) is 13.7. The fourth-order valence-electron chi connectivity index (χ4n) is 2.49. The van der Waals surface area contributed by atoms with Gasteiger partial charge in [-0.25, -0.2) is 0 Å². The van der Waals surface area contributed by atoms with E-state index in [0.29, 0.717) is 5.16 Å². The number of rotatable bonds is 5. The fourth-order valence-corrected chi connectivity index (χ4v) is 5.61. The minimum atomic E-state index is -0.297. The molecule has 0 radical (unpaired) electrons. The molecule has 19 heavy (non-hydrogen) atoms. The SMILES string of the molecule is CCC(C)(CC)P(c1ccccc1)c1ccccc1. The highest BCUT2D eigenvalue weighted by molar-refractivity contribution is 7.74. The average molecular weight is 270 g/mol. The molecule has 0 atom stereocenters. The molecule has 2 aromatic rings. The molecule has 1 heteroatoms. The molecule has 0 fully saturated rings. The van der Waals surface area contributed by atoms with Crippen molar-refractivity contribution in [3.05, 3.63) is 60.7 Å². The van der Waals surface area contributed by atoms with E-state index in [9.17, 15) is 0 Å². The zero-order valence-corrected chi connectivity index (χ0v) is 13.0. The van der Waals surface area contributed by atoms with Crippen molar-refractivity contribution < 1.29 is 0 Å². The third-order valence-electron chi connectivity index (χ3n) is 4.09. The van der Waals surface area contributed by atoms with E-state index in [1.54, 1.807) is 0 Å². The molecule has 0 bridgehead atoms. The van der Waals surface area contributed by atoms with E-state index in [-0.39, 0.29) is 7.92 Å². The summed E-state index contributed by atoms with van der Waals surface area (Å²) < 4.78 is 0. The van der Waals surface area contributed by atoms with Gasteiger partial charge in [-0.05, 0) is 36.5 Å². The van der Waals surface area contributed by atoms with E-state index in [1.807, 2.05) is 0 Å². The van der Waals surface area contributed by atoms with Crippen molar-refractivity contribution in [2.24, 2.45) is 0 Å². The van der Waals surface area contributed by atoms with Gasteiger partial charge in [-0.15, -0.1) is 0 Å². The summed E-state index contributed by atoms with van der Waals surface area (Å²) in [5, 5.41) is 3.36. The van der Waals surface area contributed by atoms with Gasteiger partial charge in [-0.1, -0.05) is 81.4 Å². The van der Waals surface area contributed by atoms with E-state index < -0.39 is 0 Å². The summed E-state index contributed by atoms with van der Waals surface area (Å²) in [6, 6.07) is 22.1. The normalized spacial score (nSPS) is 11.8. The van der Waals surface area contributed by atoms with Gasteiger partial charge in [0.05, 0.1) is 0 Å². The summed E-state index contributed by atoms with van der Waals surface area (Å²) in [7, 11) is -0.297. The first-order chi connectivity index (χ1) is 9.21. The second kappa shape index (κ2) is 6.35. The van der Waals surface area contributed by atoms with Crippen LogP contribution in [-0.4, -0.2) is 5.16 Å². The van der Waals surface area contributed by atoms with Crippen LogP contribution in [0.5, 0.6) is 0 Å². The van der Waals surface area contributed by atoms with Crippen LogP contribution >= 0.6 is 7.92 Å². The lowest BCUT2D eigenvalue weighted by molar-refractivity contribution is 0.592. The van der Waals surface area contributed by atoms with E-state index in [4.69, 9.17) is 0 Å². The molecular formula is C18H23P. The Kier molecular flexibility index (Phi) is 4.77. The number of hydrogen-bond acceptors (Lipinski definition) is 0. The molecule has 0 aliphatic carbocycles. The van der Waals surface area contributed by atoms with Crippen LogP contribution in [0.3, 0.4) is 0 Å². The van der Waals surface area contributed by atoms with Crippen molar-refractivity contribution in [2.45, 2.75) is 38.8 Å². The van der Waals surface area contributed by atoms with Crippen molar-refractivity contribution in [3.63, 3.8) is 0 Å². The van der Waals surface area contributed by atoms with Crippen LogP contribution in [-0.2, 0) is 0 Å². The topological polar surface area (TPSA) is 0 Å². The Hall–Kier alpha value is -1.13. The van der Waals surface area contributed by atoms with Gasteiger partial charge in [-0.2, -0.15) is 0 Å². The molecule has 0 N–H and O–H groups in total. The van der Waals surface area contributed by atoms with Crippen molar-refractivity contribution >= 4 is 18.5 Å². The lowest BCUT2D eigenvalue weighted by atomic mass is 10.1. The molecule has 0 saturated carbocycles. The zero-order valence-electron chi connectivity index (χ0n) is 12.1. The molecule has 2 aromatic carbocycles. The summed E-state index contributed by atoms with van der Waals surface area (Å²) >= 11 is 0. The molecule has 0 heterocycles. The Balaban J connectivity index is 2.52. The lowest BCUT2D eigenvalue weighted by Gasteiger charge is -2.37. The van der Waals surface area contributed by atoms with Crippen LogP contribution in [0.25, 0.3) is 0 Å². The Morgan fingerprint density at radius 2 is 1.11 bits per heavy atom. The molecule has 0 aromatic heterocycles. The van der Waals surface area contributed by atoms with Crippen LogP contribution in [0.4, 0.5) is 0 Å². The maximum Gasteiger partial charge on any atom is -0.00478 e. The molecule has 0 aliphatic rings. The predicted octanol–water partition coefficient (Wildman–Crippen LogP) is 4.70. The fraction of sp³-hybridized carbons (Fsp3) is 0.333. The average Bonchev–Trinajstić information content (AvgIpc) is 2.49. The summed E-state index contributed by atoms with van der Waals surface area (Å²) in [5.41, 5.74) is 0. The summed E-state index contributed by atoms with van der Waals surface area (Å²) in [5.74, 6) is 0. The lowest BCUT2D eigenvalue weighted by Crippen LogP contribution is -2.30. The van der Waals surface area contributed by atoms with Crippen molar-refractivity contribution in [1.29, 1.82) is 0 Å². The highest BCUT2D eigenvalue weighted by atomic mass is 31.1. The van der Waals surface area contributed by atoms with Crippen LogP contribution in [0.1, 0.15) is 33.6 Å². The molecule has 100 valence electrons. The third kappa shape index (κ3) is 3.07. The monoisotopic (exact) mass is 270 g/mol. The largest absolute Gasteiger partial charge is 0.0645 e. The smallest absolute Gasteiger partial charge is 0.00478 e. The van der Waals surface area contributed by atoms with E-state index in [1.165, 1.54) is 23.5 Å². The molecular weight excluding hydrogens is 247 g/mol. The van der Waals surface area contributed by atoms with Gasteiger partial charge in [0.25, 0.3) is 0 Å². The Morgan fingerprint density at radius 3 is 1.42 bits per heavy atom. The maximum atomic E-state index is 2.44. The standard InChI is InChI=1S/C18H23P/c1-4-18(3,5-2)19(16-12-8-6-9-13-16)17-14-10-7-11-15-17/h6-15H,4-5H2,1-3H3. The summed E-state index contributed by atoms with van der Waals surface area (Å²) in [4.78, 5) is 0. The first-order valence-electron chi connectivity index (χ1n) is 7.11. The maximum absolute atomic E-state index is 2.44. The highest BCUT2D eigenvalue weighted by Crippen LogP contribution is 2.51. The molecule has 0 amide bonds. The molecule has 0 nitrogen and oxygen atoms in total. The Morgan fingerprint density at radius 1 is 0.737 bits per heavy atom. The summed E-state index contributed by atoms with van der Waals surface area (Å²) in [6.45, 7) is 7.09. The quantitative estimate of drug-likeness (QED) is 0.691. The second-order valence-corrected chi connectivity index (χ2v) is 7.99. The van der Waals surface area contributed by atoms with Crippen molar-refractivity contribution in [1.82, 2.24) is 0 Å². The van der Waals surface area contributed by atoms with Crippen LogP contribution in [0.15, 0.2) is 60.7 Å². The molecule has 2 rings (SSSR count). The van der Waals surface area contributed by atoms with Crippen LogP contribution in [0.2, 0.25) is 0 Å². The molecule has 0 aliphatic heterocycles. The van der Waals surface area contributed by atoms with Crippen molar-refractivity contribution in [3.8, 4) is 0 Å². The van der Waals surface area contributed by atoms with E-state index in [2.05, 4.69) is 81.4 Å². The Labute approximate surface area is 118 Å². The van der Waals surface area contributed by atoms with Gasteiger partial charge >= 0.3 is 0 Å². The second-order valence-electron chi connectivity index (χ2n) is 5.21. The highest BCUT2D eigenvalue weighted by Gasteiger charge is 2.32. The van der Waals surface area contributed by atoms with Gasteiger partial charge in [0.2, 0.25) is 0 Å². The molecule has 0 unspecified atom stereocenters. The van der Waals surface area contributed by atoms with E-state index in [0.717, 1.165) is 0 Å². The molecule has 0 saturated heterocycles. The minimum absolute atomic E-state index is 0.297. The Bertz CT molecular complexity index is 446. The van der Waals surface area contributed by atoms with Gasteiger partial charge in [0, 0.05) is 0 Å². The number of hydrogen-bond donors (Lipinski definition) is 0. The third-order valence-corrected chi connectivity index (χ3v) is 7.43.